The van der Waals surface area contributed by atoms with Crippen molar-refractivity contribution in [2.75, 3.05) is 6.61 Å². The Morgan fingerprint density at radius 3 is 1.94 bits per heavy atom. The van der Waals surface area contributed by atoms with Gasteiger partial charge in [-0.05, 0) is 35.2 Å². The van der Waals surface area contributed by atoms with Crippen molar-refractivity contribution in [3.63, 3.8) is 0 Å². The Kier molecular flexibility index (Phi) is 4.73. The molecule has 0 atom stereocenters. The summed E-state index contributed by atoms with van der Waals surface area (Å²) in [6.07, 6.45) is 1.12. The summed E-state index contributed by atoms with van der Waals surface area (Å²) >= 11 is 0. The predicted molar refractivity (Wildman–Crippen MR) is 81.1 cm³/mol. The maximum absolute atomic E-state index is 5.50. The van der Waals surface area contributed by atoms with Crippen molar-refractivity contribution in [1.29, 1.82) is 0 Å². The zero-order valence-corrected chi connectivity index (χ0v) is 12.6. The molecule has 0 radical (unpaired) electrons. The number of hydrogen-bond donors (Lipinski definition) is 0. The van der Waals surface area contributed by atoms with Crippen LogP contribution < -0.4 is 5.19 Å². The Bertz CT molecular complexity index is 470. The number of fused-ring (bicyclic) bond motifs is 1. The Labute approximate surface area is 112 Å². The fourth-order valence-corrected chi connectivity index (χ4v) is 3.13. The van der Waals surface area contributed by atoms with Gasteiger partial charge in [0.15, 0.2) is 9.76 Å². The molecule has 0 aliphatic heterocycles. The normalized spacial score (nSPS) is 11.2. The van der Waals surface area contributed by atoms with Crippen LogP contribution in [0, 0.1) is 0 Å². The van der Waals surface area contributed by atoms with Gasteiger partial charge in [-0.3, -0.25) is 0 Å². The molecule has 1 nitrogen and oxygen atoms in total. The van der Waals surface area contributed by atoms with Crippen molar-refractivity contribution < 1.29 is 4.43 Å². The number of aryl methyl sites for hydroxylation is 1. The van der Waals surface area contributed by atoms with Crippen molar-refractivity contribution in [2.45, 2.75) is 20.3 Å². The first-order chi connectivity index (χ1) is 8.85. The van der Waals surface area contributed by atoms with Gasteiger partial charge in [0.05, 0.1) is 0 Å². The van der Waals surface area contributed by atoms with Crippen LogP contribution in [0.15, 0.2) is 48.5 Å². The lowest BCUT2D eigenvalue weighted by molar-refractivity contribution is 0.367. The molecule has 1 aromatic carbocycles. The molecule has 2 aliphatic rings. The second-order valence-corrected chi connectivity index (χ2v) is 5.80. The van der Waals surface area contributed by atoms with Gasteiger partial charge in [0.25, 0.3) is 0 Å². The van der Waals surface area contributed by atoms with Crippen LogP contribution in [-0.2, 0) is 10.8 Å². The molecule has 0 saturated carbocycles. The van der Waals surface area contributed by atoms with Gasteiger partial charge >= 0.3 is 0 Å². The van der Waals surface area contributed by atoms with E-state index >= 15 is 0 Å². The summed E-state index contributed by atoms with van der Waals surface area (Å²) in [4.78, 5) is 0. The minimum Gasteiger partial charge on any atom is -0.419 e. The molecule has 2 aliphatic carbocycles. The predicted octanol–water partition coefficient (Wildman–Crippen LogP) is 2.66. The average molecular weight is 256 g/mol. The van der Waals surface area contributed by atoms with Gasteiger partial charge < -0.3 is 4.43 Å². The lowest BCUT2D eigenvalue weighted by Crippen LogP contribution is -2.21. The smallest absolute Gasteiger partial charge is 0.192 e. The van der Waals surface area contributed by atoms with E-state index in [1.54, 1.807) is 0 Å². The first-order valence-corrected chi connectivity index (χ1v) is 7.88. The van der Waals surface area contributed by atoms with E-state index in [1.165, 1.54) is 21.9 Å². The Hall–Kier alpha value is -1.38. The molecule has 18 heavy (non-hydrogen) atoms. The van der Waals surface area contributed by atoms with Crippen molar-refractivity contribution in [1.82, 2.24) is 0 Å². The topological polar surface area (TPSA) is 9.23 Å². The lowest BCUT2D eigenvalue weighted by Gasteiger charge is -2.10. The van der Waals surface area contributed by atoms with E-state index in [1.807, 2.05) is 0 Å². The number of hydrogen-bond acceptors (Lipinski definition) is 1. The van der Waals surface area contributed by atoms with Crippen LogP contribution >= 0.6 is 0 Å². The second kappa shape index (κ2) is 6.52. The SMILES string of the molecule is CCO[SiH2]c1ccccc1CC.c1cc2ccc1-2. The van der Waals surface area contributed by atoms with Gasteiger partial charge in [0, 0.05) is 6.61 Å². The minimum absolute atomic E-state index is 0.451. The van der Waals surface area contributed by atoms with Crippen molar-refractivity contribution in [3.05, 3.63) is 54.1 Å². The molecule has 0 fully saturated rings. The van der Waals surface area contributed by atoms with Crippen molar-refractivity contribution >= 4 is 14.9 Å². The van der Waals surface area contributed by atoms with Crippen LogP contribution in [0.4, 0.5) is 0 Å². The zero-order chi connectivity index (χ0) is 12.8. The summed E-state index contributed by atoms with van der Waals surface area (Å²) in [5, 5.41) is 1.46. The van der Waals surface area contributed by atoms with Crippen molar-refractivity contribution in [2.24, 2.45) is 0 Å². The molecule has 0 unspecified atom stereocenters. The molecule has 0 saturated heterocycles. The molecule has 0 aromatic heterocycles. The van der Waals surface area contributed by atoms with Gasteiger partial charge in [-0.15, -0.1) is 0 Å². The van der Waals surface area contributed by atoms with Crippen LogP contribution in [0.5, 0.6) is 0 Å². The van der Waals surface area contributed by atoms with E-state index in [-0.39, 0.29) is 0 Å². The summed E-state index contributed by atoms with van der Waals surface area (Å²) < 4.78 is 5.50. The third-order valence-corrected chi connectivity index (χ3v) is 4.79. The molecule has 0 spiro atoms. The average Bonchev–Trinajstić information content (AvgIpc) is 2.41. The Morgan fingerprint density at radius 2 is 1.50 bits per heavy atom. The first-order valence-electron chi connectivity index (χ1n) is 6.60. The number of rotatable bonds is 4. The van der Waals surface area contributed by atoms with Gasteiger partial charge in [0.2, 0.25) is 0 Å². The van der Waals surface area contributed by atoms with Crippen LogP contribution in [-0.4, -0.2) is 16.4 Å². The van der Waals surface area contributed by atoms with Gasteiger partial charge in [-0.25, -0.2) is 0 Å². The molecular formula is C16H20OSi. The second-order valence-electron chi connectivity index (χ2n) is 4.34. The van der Waals surface area contributed by atoms with E-state index in [2.05, 4.69) is 62.4 Å². The molecular weight excluding hydrogens is 236 g/mol. The summed E-state index contributed by atoms with van der Waals surface area (Å²) in [5.41, 5.74) is 4.31. The zero-order valence-electron chi connectivity index (χ0n) is 11.1. The minimum atomic E-state index is -0.451. The van der Waals surface area contributed by atoms with E-state index in [0.717, 1.165) is 13.0 Å². The van der Waals surface area contributed by atoms with Gasteiger partial charge in [-0.2, -0.15) is 0 Å². The highest BCUT2D eigenvalue weighted by atomic mass is 28.2. The fraction of sp³-hybridized carbons (Fsp3) is 0.250. The number of benzene rings is 2. The standard InChI is InChI=1S/C10H16OSi.C6H4/c1-3-9-7-5-6-8-10(9)12-11-4-2;1-2-6-4-3-5(1)6/h5-8H,3-4,12H2,1-2H3;1-4H. The molecule has 0 amide bonds. The molecule has 94 valence electrons. The largest absolute Gasteiger partial charge is 0.419 e. The van der Waals surface area contributed by atoms with E-state index in [9.17, 15) is 0 Å². The summed E-state index contributed by atoms with van der Waals surface area (Å²) in [5.74, 6) is 0. The summed E-state index contributed by atoms with van der Waals surface area (Å²) in [7, 11) is -0.451. The van der Waals surface area contributed by atoms with Crippen LogP contribution in [0.3, 0.4) is 0 Å². The third-order valence-electron chi connectivity index (χ3n) is 3.18. The highest BCUT2D eigenvalue weighted by molar-refractivity contribution is 6.47. The van der Waals surface area contributed by atoms with E-state index in [0.29, 0.717) is 0 Å². The summed E-state index contributed by atoms with van der Waals surface area (Å²) in [6.45, 7) is 5.10. The van der Waals surface area contributed by atoms with Crippen molar-refractivity contribution in [3.8, 4) is 11.1 Å². The molecule has 0 heterocycles. The first kappa shape index (κ1) is 13.1. The van der Waals surface area contributed by atoms with E-state index in [4.69, 9.17) is 4.43 Å². The molecule has 2 heteroatoms. The third kappa shape index (κ3) is 3.09. The molecule has 0 N–H and O–H groups in total. The highest BCUT2D eigenvalue weighted by Crippen LogP contribution is 2.29. The van der Waals surface area contributed by atoms with Gasteiger partial charge in [0.1, 0.15) is 0 Å². The Morgan fingerprint density at radius 1 is 0.889 bits per heavy atom. The van der Waals surface area contributed by atoms with Crippen LogP contribution in [0.2, 0.25) is 0 Å². The lowest BCUT2D eigenvalue weighted by atomic mass is 9.95. The maximum atomic E-state index is 5.50. The van der Waals surface area contributed by atoms with Crippen LogP contribution in [0.25, 0.3) is 11.1 Å². The molecule has 1 aromatic rings. The van der Waals surface area contributed by atoms with Gasteiger partial charge in [-0.1, -0.05) is 55.5 Å². The van der Waals surface area contributed by atoms with E-state index < -0.39 is 9.76 Å². The van der Waals surface area contributed by atoms with Crippen LogP contribution in [0.1, 0.15) is 19.4 Å². The Balaban J connectivity index is 0.000000164. The molecule has 0 bridgehead atoms. The molecule has 3 rings (SSSR count). The fourth-order valence-electron chi connectivity index (χ4n) is 1.92. The quantitative estimate of drug-likeness (QED) is 0.652. The highest BCUT2D eigenvalue weighted by Gasteiger charge is 2.04. The summed E-state index contributed by atoms with van der Waals surface area (Å²) in [6, 6.07) is 17.1. The monoisotopic (exact) mass is 256 g/mol. The maximum Gasteiger partial charge on any atom is 0.192 e.